The number of anilines is 1. The summed E-state index contributed by atoms with van der Waals surface area (Å²) in [7, 11) is 0. The van der Waals surface area contributed by atoms with Crippen LogP contribution in [0, 0.1) is 5.92 Å². The van der Waals surface area contributed by atoms with Gasteiger partial charge in [-0.25, -0.2) is 14.0 Å². The van der Waals surface area contributed by atoms with Crippen molar-refractivity contribution in [2.24, 2.45) is 17.4 Å². The topological polar surface area (TPSA) is 143 Å². The fourth-order valence-electron chi connectivity index (χ4n) is 5.49. The third-order valence-electron chi connectivity index (χ3n) is 7.87. The molecule has 5 N–H and O–H groups in total. The third-order valence-corrected chi connectivity index (χ3v) is 7.87. The summed E-state index contributed by atoms with van der Waals surface area (Å²) in [5.41, 5.74) is 12.1. The number of halogens is 1. The normalized spacial score (nSPS) is 19.9. The molecule has 4 rings (SSSR count). The summed E-state index contributed by atoms with van der Waals surface area (Å²) in [6.07, 6.45) is 5.80. The number of amides is 3. The fourth-order valence-corrected chi connectivity index (χ4v) is 5.49. The van der Waals surface area contributed by atoms with Gasteiger partial charge in [-0.1, -0.05) is 12.1 Å². The van der Waals surface area contributed by atoms with Gasteiger partial charge in [0.1, 0.15) is 12.5 Å². The Morgan fingerprint density at radius 3 is 2.27 bits per heavy atom. The molecule has 3 amide bonds. The predicted molar refractivity (Wildman–Crippen MR) is 156 cm³/mol. The van der Waals surface area contributed by atoms with E-state index in [-0.39, 0.29) is 17.8 Å². The van der Waals surface area contributed by atoms with E-state index >= 15 is 0 Å². The molecule has 2 heterocycles. The van der Waals surface area contributed by atoms with Crippen molar-refractivity contribution in [3.63, 3.8) is 0 Å². The number of benzene rings is 1. The number of hydrogen-bond donors (Lipinski definition) is 3. The van der Waals surface area contributed by atoms with Gasteiger partial charge in [-0.15, -0.1) is 0 Å². The summed E-state index contributed by atoms with van der Waals surface area (Å²) in [6.45, 7) is 6.30. The number of nitrogens with one attached hydrogen (secondary N) is 1. The van der Waals surface area contributed by atoms with E-state index < -0.39 is 17.9 Å². The number of piperazine rings is 1. The monoisotopic (exact) mass is 570 g/mol. The van der Waals surface area contributed by atoms with E-state index in [0.29, 0.717) is 56.9 Å². The first-order chi connectivity index (χ1) is 19.5. The van der Waals surface area contributed by atoms with Crippen LogP contribution in [0.4, 0.5) is 15.0 Å². The van der Waals surface area contributed by atoms with Gasteiger partial charge in [0.05, 0.1) is 11.2 Å². The number of alkyl halides is 1. The molecule has 1 aromatic heterocycles. The van der Waals surface area contributed by atoms with E-state index in [0.717, 1.165) is 37.8 Å². The van der Waals surface area contributed by atoms with Gasteiger partial charge >= 0.3 is 11.7 Å². The minimum Gasteiger partial charge on any atom is -0.338 e. The highest BCUT2D eigenvalue weighted by Crippen LogP contribution is 2.24. The predicted octanol–water partition coefficient (Wildman–Crippen LogP) is 1.93. The van der Waals surface area contributed by atoms with Crippen molar-refractivity contribution in [1.29, 1.82) is 0 Å². The SMILES string of the molecule is CC(C)(N)C(=O)N1CCN(C(=O)Nc2ccn(-c3ccc(CN(CCF)CC4CCC(N)CC4)cc3)c(=O)n2)CC1. The lowest BCUT2D eigenvalue weighted by atomic mass is 9.86. The van der Waals surface area contributed by atoms with Crippen LogP contribution in [-0.4, -0.2) is 93.7 Å². The van der Waals surface area contributed by atoms with Crippen molar-refractivity contribution in [2.45, 2.75) is 57.7 Å². The number of urea groups is 1. The van der Waals surface area contributed by atoms with Gasteiger partial charge < -0.3 is 21.3 Å². The summed E-state index contributed by atoms with van der Waals surface area (Å²) in [4.78, 5) is 47.3. The van der Waals surface area contributed by atoms with Crippen molar-refractivity contribution in [3.05, 3.63) is 52.6 Å². The van der Waals surface area contributed by atoms with Gasteiger partial charge in [0.2, 0.25) is 5.91 Å². The Labute approximate surface area is 240 Å². The first-order valence-corrected chi connectivity index (χ1v) is 14.4. The molecule has 1 aliphatic carbocycles. The standard InChI is InChI=1S/C29H43FN8O3/c1-29(2,32)26(39)36-15-17-37(18-16-36)27(40)33-25-11-13-38(28(41)34-25)24-9-5-22(6-10-24)20-35(14-12-30)19-21-3-7-23(31)8-4-21/h5-6,9-11,13,21,23H,3-4,7-8,12,14-20,31-32H2,1-2H3,(H,33,34,40,41). The van der Waals surface area contributed by atoms with Crippen LogP contribution < -0.4 is 22.5 Å². The highest BCUT2D eigenvalue weighted by atomic mass is 19.1. The van der Waals surface area contributed by atoms with E-state index in [1.807, 2.05) is 24.3 Å². The summed E-state index contributed by atoms with van der Waals surface area (Å²) < 4.78 is 14.6. The number of carbonyl (C=O) groups excluding carboxylic acids is 2. The van der Waals surface area contributed by atoms with Crippen LogP contribution in [0.5, 0.6) is 0 Å². The first-order valence-electron chi connectivity index (χ1n) is 14.4. The number of nitrogens with zero attached hydrogens (tertiary/aromatic N) is 5. The Kier molecular flexibility index (Phi) is 10.1. The second-order valence-electron chi connectivity index (χ2n) is 11.8. The molecule has 1 saturated carbocycles. The summed E-state index contributed by atoms with van der Waals surface area (Å²) in [6, 6.07) is 9.04. The van der Waals surface area contributed by atoms with E-state index in [1.54, 1.807) is 35.9 Å². The van der Waals surface area contributed by atoms with Gasteiger partial charge in [0, 0.05) is 58.1 Å². The lowest BCUT2D eigenvalue weighted by Crippen LogP contribution is -2.58. The molecule has 0 radical (unpaired) electrons. The highest BCUT2D eigenvalue weighted by molar-refractivity contribution is 5.89. The minimum absolute atomic E-state index is 0.153. The fraction of sp³-hybridized carbons (Fsp3) is 0.586. The number of hydrogen-bond acceptors (Lipinski definition) is 7. The van der Waals surface area contributed by atoms with Crippen LogP contribution >= 0.6 is 0 Å². The van der Waals surface area contributed by atoms with Crippen LogP contribution in [0.15, 0.2) is 41.3 Å². The lowest BCUT2D eigenvalue weighted by Gasteiger charge is -2.37. The molecule has 41 heavy (non-hydrogen) atoms. The van der Waals surface area contributed by atoms with Crippen molar-refractivity contribution in [3.8, 4) is 5.69 Å². The molecule has 0 bridgehead atoms. The molecule has 0 unspecified atom stereocenters. The Hall–Kier alpha value is -3.35. The second-order valence-corrected chi connectivity index (χ2v) is 11.8. The van der Waals surface area contributed by atoms with E-state index in [4.69, 9.17) is 11.5 Å². The largest absolute Gasteiger partial charge is 0.354 e. The Bertz CT molecular complexity index is 1230. The number of aromatic nitrogens is 2. The zero-order valence-electron chi connectivity index (χ0n) is 24.1. The maximum atomic E-state index is 13.2. The summed E-state index contributed by atoms with van der Waals surface area (Å²) >= 11 is 0. The highest BCUT2D eigenvalue weighted by Gasteiger charge is 2.31. The van der Waals surface area contributed by atoms with Crippen LogP contribution in [0.1, 0.15) is 45.1 Å². The molecule has 224 valence electrons. The lowest BCUT2D eigenvalue weighted by molar-refractivity contribution is -0.137. The molecule has 1 saturated heterocycles. The first kappa shape index (κ1) is 30.6. The van der Waals surface area contributed by atoms with E-state index in [9.17, 15) is 18.8 Å². The van der Waals surface area contributed by atoms with Gasteiger partial charge in [0.25, 0.3) is 0 Å². The summed E-state index contributed by atoms with van der Waals surface area (Å²) in [5.74, 6) is 0.541. The van der Waals surface area contributed by atoms with Crippen molar-refractivity contribution in [2.75, 3.05) is 51.3 Å². The summed E-state index contributed by atoms with van der Waals surface area (Å²) in [5, 5.41) is 2.68. The molecule has 11 nitrogen and oxygen atoms in total. The number of nitrogens with two attached hydrogens (primary N) is 2. The number of rotatable bonds is 9. The molecular weight excluding hydrogens is 527 g/mol. The molecular formula is C29H43FN8O3. The van der Waals surface area contributed by atoms with Crippen LogP contribution in [0.2, 0.25) is 0 Å². The second kappa shape index (κ2) is 13.5. The molecule has 2 aromatic rings. The van der Waals surface area contributed by atoms with Crippen LogP contribution in [0.25, 0.3) is 5.69 Å². The Morgan fingerprint density at radius 1 is 1.05 bits per heavy atom. The van der Waals surface area contributed by atoms with Crippen molar-refractivity contribution >= 4 is 17.8 Å². The smallest absolute Gasteiger partial charge is 0.338 e. The zero-order chi connectivity index (χ0) is 29.6. The average Bonchev–Trinajstić information content (AvgIpc) is 2.94. The Morgan fingerprint density at radius 2 is 1.68 bits per heavy atom. The van der Waals surface area contributed by atoms with Gasteiger partial charge in [-0.05, 0) is 69.2 Å². The van der Waals surface area contributed by atoms with Crippen molar-refractivity contribution < 1.29 is 14.0 Å². The molecule has 12 heteroatoms. The molecule has 1 aliphatic heterocycles. The minimum atomic E-state index is -0.960. The molecule has 0 spiro atoms. The zero-order valence-corrected chi connectivity index (χ0v) is 24.1. The van der Waals surface area contributed by atoms with E-state index in [2.05, 4.69) is 15.2 Å². The van der Waals surface area contributed by atoms with Crippen molar-refractivity contribution in [1.82, 2.24) is 24.3 Å². The number of carbonyl (C=O) groups is 2. The maximum absolute atomic E-state index is 13.2. The third kappa shape index (κ3) is 8.34. The molecule has 0 atom stereocenters. The average molecular weight is 571 g/mol. The van der Waals surface area contributed by atoms with Crippen LogP contribution in [0.3, 0.4) is 0 Å². The van der Waals surface area contributed by atoms with Gasteiger partial charge in [-0.2, -0.15) is 4.98 Å². The Balaban J connectivity index is 1.32. The quantitative estimate of drug-likeness (QED) is 0.418. The molecule has 2 fully saturated rings. The van der Waals surface area contributed by atoms with Crippen LogP contribution in [-0.2, 0) is 11.3 Å². The maximum Gasteiger partial charge on any atom is 0.354 e. The van der Waals surface area contributed by atoms with E-state index in [1.165, 1.54) is 4.57 Å². The van der Waals surface area contributed by atoms with Gasteiger partial charge in [-0.3, -0.25) is 19.6 Å². The van der Waals surface area contributed by atoms with Gasteiger partial charge in [0.15, 0.2) is 0 Å². The molecule has 1 aromatic carbocycles. The molecule has 2 aliphatic rings.